The van der Waals surface area contributed by atoms with E-state index in [0.717, 1.165) is 11.1 Å². The standard InChI is InChI=1S/C46H61N5O10S/c1-29-28-37(59-7)30(2)31(3)42(29)62(57,58)50-38(47)24-16-15-22-34(36(52)25-26-39(53)60-8)48-43(54)35-23-17-27-51(35)44(55)41(49-45(56)61-46(4,5)6)40(32-18-11-9-12-19-32)33-20-13-10-14-21-33/h9-14,18-21,28,34-35,40-41H,15-17,22-27H2,1-8H3,(H2,47,50)(H,48,54)(H,49,56)/t34?,35-,41?/m0/s1. The van der Waals surface area contributed by atoms with Crippen LogP contribution in [0, 0.1) is 20.8 Å². The Morgan fingerprint density at radius 2 is 1.48 bits per heavy atom. The molecule has 0 aromatic heterocycles. The summed E-state index contributed by atoms with van der Waals surface area (Å²) < 4.78 is 46.4. The third-order valence-electron chi connectivity index (χ3n) is 10.8. The van der Waals surface area contributed by atoms with E-state index in [2.05, 4.69) is 15.0 Å². The highest BCUT2D eigenvalue weighted by molar-refractivity contribution is 7.90. The number of nitrogens with one attached hydrogen (secondary N) is 2. The molecular weight excluding hydrogens is 815 g/mol. The van der Waals surface area contributed by atoms with Crippen LogP contribution >= 0.6 is 0 Å². The van der Waals surface area contributed by atoms with Gasteiger partial charge in [-0.05, 0) is 101 Å². The van der Waals surface area contributed by atoms with E-state index in [-0.39, 0.29) is 43.0 Å². The lowest BCUT2D eigenvalue weighted by molar-refractivity contribution is -0.142. The van der Waals surface area contributed by atoms with Crippen LogP contribution in [-0.2, 0) is 38.7 Å². The third-order valence-corrected chi connectivity index (χ3v) is 12.4. The molecule has 1 aliphatic heterocycles. The zero-order chi connectivity index (χ0) is 45.8. The van der Waals surface area contributed by atoms with Gasteiger partial charge in [-0.25, -0.2) is 4.79 Å². The number of benzene rings is 3. The fourth-order valence-corrected chi connectivity index (χ4v) is 9.21. The summed E-state index contributed by atoms with van der Waals surface area (Å²) in [6.45, 7) is 10.5. The van der Waals surface area contributed by atoms with Crippen molar-refractivity contribution in [3.63, 3.8) is 0 Å². The second-order valence-electron chi connectivity index (χ2n) is 16.5. The highest BCUT2D eigenvalue weighted by atomic mass is 32.2. The number of methoxy groups -OCH3 is 2. The summed E-state index contributed by atoms with van der Waals surface area (Å²) >= 11 is 0. The maximum atomic E-state index is 14.8. The van der Waals surface area contributed by atoms with Gasteiger partial charge in [-0.2, -0.15) is 8.42 Å². The number of nitrogens with two attached hydrogens (primary N) is 1. The minimum Gasteiger partial charge on any atom is -0.496 e. The number of aryl methyl sites for hydroxylation is 1. The van der Waals surface area contributed by atoms with Gasteiger partial charge in [0.1, 0.15) is 29.3 Å². The first kappa shape index (κ1) is 48.9. The average Bonchev–Trinajstić information content (AvgIpc) is 3.72. The van der Waals surface area contributed by atoms with Crippen molar-refractivity contribution in [2.75, 3.05) is 20.8 Å². The summed E-state index contributed by atoms with van der Waals surface area (Å²) in [4.78, 5) is 69.4. The Labute approximate surface area is 365 Å². The molecule has 0 radical (unpaired) electrons. The van der Waals surface area contributed by atoms with E-state index < -0.39 is 69.3 Å². The number of ether oxygens (including phenoxy) is 3. The summed E-state index contributed by atoms with van der Waals surface area (Å²) in [6, 6.07) is 17.0. The van der Waals surface area contributed by atoms with Gasteiger partial charge < -0.3 is 35.5 Å². The van der Waals surface area contributed by atoms with E-state index in [1.807, 2.05) is 60.7 Å². The van der Waals surface area contributed by atoms with E-state index in [1.165, 1.54) is 19.1 Å². The van der Waals surface area contributed by atoms with Crippen LogP contribution in [0.2, 0.25) is 0 Å². The third kappa shape index (κ3) is 13.1. The van der Waals surface area contributed by atoms with Gasteiger partial charge in [0.05, 0.1) is 31.6 Å². The topological polar surface area (TPSA) is 213 Å². The maximum absolute atomic E-state index is 14.8. The molecule has 4 rings (SSSR count). The number of amides is 3. The molecule has 0 spiro atoms. The molecule has 62 heavy (non-hydrogen) atoms. The summed E-state index contributed by atoms with van der Waals surface area (Å²) in [5.41, 5.74) is 8.44. The first-order valence-electron chi connectivity index (χ1n) is 20.8. The zero-order valence-corrected chi connectivity index (χ0v) is 37.8. The maximum Gasteiger partial charge on any atom is 0.408 e. The molecule has 3 aromatic rings. The Hall–Kier alpha value is -5.77. The van der Waals surface area contributed by atoms with Crippen LogP contribution in [-0.4, -0.2) is 93.3 Å². The lowest BCUT2D eigenvalue weighted by atomic mass is 9.84. The number of Topliss-reactive ketones (excluding diaryl/α,β-unsaturated/α-hetero) is 1. The Kier molecular flexibility index (Phi) is 17.2. The molecule has 3 amide bonds. The van der Waals surface area contributed by atoms with Gasteiger partial charge in [0, 0.05) is 25.3 Å². The number of amidine groups is 1. The van der Waals surface area contributed by atoms with Crippen LogP contribution in [0.5, 0.6) is 5.75 Å². The molecule has 3 atom stereocenters. The van der Waals surface area contributed by atoms with Crippen LogP contribution in [0.25, 0.3) is 0 Å². The quantitative estimate of drug-likeness (QED) is 0.0554. The van der Waals surface area contributed by atoms with Crippen LogP contribution in [0.3, 0.4) is 0 Å². The first-order valence-corrected chi connectivity index (χ1v) is 22.3. The number of unbranched alkanes of at least 4 members (excludes halogenated alkanes) is 1. The van der Waals surface area contributed by atoms with Crippen molar-refractivity contribution < 1.29 is 46.6 Å². The van der Waals surface area contributed by atoms with Crippen molar-refractivity contribution in [1.82, 2.24) is 15.5 Å². The van der Waals surface area contributed by atoms with Gasteiger partial charge in [0.2, 0.25) is 11.8 Å². The number of alkyl carbamates (subject to hydrolysis) is 1. The molecular formula is C46H61N5O10S. The van der Waals surface area contributed by atoms with Crippen molar-refractivity contribution in [1.29, 1.82) is 0 Å². The van der Waals surface area contributed by atoms with E-state index in [9.17, 15) is 32.4 Å². The summed E-state index contributed by atoms with van der Waals surface area (Å²) in [6.07, 6.45) is 0.466. The fraction of sp³-hybridized carbons (Fsp3) is 0.478. The highest BCUT2D eigenvalue weighted by Crippen LogP contribution is 2.33. The van der Waals surface area contributed by atoms with Crippen LogP contribution in [0.4, 0.5) is 4.79 Å². The van der Waals surface area contributed by atoms with Crippen LogP contribution in [0.15, 0.2) is 76.0 Å². The highest BCUT2D eigenvalue weighted by Gasteiger charge is 2.42. The molecule has 0 saturated carbocycles. The second-order valence-corrected chi connectivity index (χ2v) is 18.0. The number of nitrogens with zero attached hydrogens (tertiary/aromatic N) is 2. The minimum absolute atomic E-state index is 0.0553. The SMILES string of the molecule is COC(=O)CCC(=O)C(CCCC/C(N)=N\S(=O)(=O)c1c(C)cc(OC)c(C)c1C)NC(=O)[C@@H]1CCCN1C(=O)C(NC(=O)OC(C)(C)C)C(c1ccccc1)c1ccccc1. The molecule has 2 unspecified atom stereocenters. The number of sulfonamides is 1. The van der Waals surface area contributed by atoms with Gasteiger partial charge in [0.25, 0.3) is 10.0 Å². The lowest BCUT2D eigenvalue weighted by Gasteiger charge is -2.34. The van der Waals surface area contributed by atoms with Crippen molar-refractivity contribution in [2.45, 2.75) is 127 Å². The molecule has 16 heteroatoms. The zero-order valence-electron chi connectivity index (χ0n) is 37.0. The molecule has 4 N–H and O–H groups in total. The Morgan fingerprint density at radius 1 is 0.871 bits per heavy atom. The molecule has 1 fully saturated rings. The van der Waals surface area contributed by atoms with Crippen molar-refractivity contribution in [3.8, 4) is 5.75 Å². The van der Waals surface area contributed by atoms with Crippen LogP contribution in [0.1, 0.15) is 106 Å². The number of hydrogen-bond donors (Lipinski definition) is 3. The van der Waals surface area contributed by atoms with E-state index in [0.29, 0.717) is 48.1 Å². The molecule has 0 aliphatic carbocycles. The van der Waals surface area contributed by atoms with Gasteiger partial charge >= 0.3 is 12.1 Å². The van der Waals surface area contributed by atoms with Crippen LogP contribution < -0.4 is 21.1 Å². The predicted molar refractivity (Wildman–Crippen MR) is 235 cm³/mol. The van der Waals surface area contributed by atoms with Gasteiger partial charge in [-0.3, -0.25) is 19.2 Å². The van der Waals surface area contributed by atoms with Gasteiger partial charge in [-0.15, -0.1) is 4.40 Å². The number of rotatable bonds is 19. The first-order chi connectivity index (χ1) is 29.3. The molecule has 336 valence electrons. The largest absolute Gasteiger partial charge is 0.496 e. The number of ketones is 1. The average molecular weight is 876 g/mol. The summed E-state index contributed by atoms with van der Waals surface area (Å²) in [5, 5.41) is 5.68. The number of likely N-dealkylation sites (tertiary alicyclic amines) is 1. The summed E-state index contributed by atoms with van der Waals surface area (Å²) in [5.74, 6) is -2.28. The number of esters is 1. The van der Waals surface area contributed by atoms with Crippen molar-refractivity contribution >= 4 is 45.5 Å². The normalized spacial score (nSPS) is 15.4. The monoisotopic (exact) mass is 875 g/mol. The minimum atomic E-state index is -4.16. The molecule has 15 nitrogen and oxygen atoms in total. The molecule has 1 saturated heterocycles. The van der Waals surface area contributed by atoms with E-state index in [4.69, 9.17) is 19.9 Å². The molecule has 0 bridgehead atoms. The second kappa shape index (κ2) is 21.8. The molecule has 3 aromatic carbocycles. The Bertz CT molecular complexity index is 2170. The fourth-order valence-electron chi connectivity index (χ4n) is 7.72. The molecule has 1 aliphatic rings. The Balaban J connectivity index is 1.55. The summed E-state index contributed by atoms with van der Waals surface area (Å²) in [7, 11) is -1.43. The smallest absolute Gasteiger partial charge is 0.408 e. The lowest BCUT2D eigenvalue weighted by Crippen LogP contribution is -2.57. The predicted octanol–water partition coefficient (Wildman–Crippen LogP) is 5.95. The van der Waals surface area contributed by atoms with Gasteiger partial charge in [0.15, 0.2) is 5.78 Å². The molecule has 1 heterocycles. The van der Waals surface area contributed by atoms with Crippen molar-refractivity contribution in [2.24, 2.45) is 10.1 Å². The number of hydrogen-bond acceptors (Lipinski definition) is 10. The van der Waals surface area contributed by atoms with Gasteiger partial charge in [-0.1, -0.05) is 67.1 Å². The number of carbonyl (C=O) groups excluding carboxylic acids is 5. The van der Waals surface area contributed by atoms with E-state index in [1.54, 1.807) is 47.6 Å². The Morgan fingerprint density at radius 3 is 2.05 bits per heavy atom. The van der Waals surface area contributed by atoms with E-state index >= 15 is 0 Å². The number of carbonyl (C=O) groups is 5. The van der Waals surface area contributed by atoms with Crippen molar-refractivity contribution in [3.05, 3.63) is 94.5 Å².